The number of rotatable bonds is 5. The molecule has 5 heteroatoms. The molecule has 0 unspecified atom stereocenters. The van der Waals surface area contributed by atoms with Crippen molar-refractivity contribution in [3.63, 3.8) is 0 Å². The quantitative estimate of drug-likeness (QED) is 0.818. The van der Waals surface area contributed by atoms with Crippen molar-refractivity contribution in [2.45, 2.75) is 32.8 Å². The van der Waals surface area contributed by atoms with Crippen LogP contribution < -0.4 is 11.1 Å². The van der Waals surface area contributed by atoms with E-state index in [0.29, 0.717) is 18.5 Å². The molecule has 0 spiro atoms. The van der Waals surface area contributed by atoms with Gasteiger partial charge in [0, 0.05) is 12.1 Å². The van der Waals surface area contributed by atoms with E-state index in [1.165, 1.54) is 0 Å². The molecule has 2 amide bonds. The molecule has 21 heavy (non-hydrogen) atoms. The van der Waals surface area contributed by atoms with E-state index < -0.39 is 17.6 Å². The minimum Gasteiger partial charge on any atom is -0.444 e. The lowest BCUT2D eigenvalue weighted by Gasteiger charge is -2.19. The van der Waals surface area contributed by atoms with Crippen LogP contribution in [0.4, 0.5) is 4.79 Å². The van der Waals surface area contributed by atoms with Crippen molar-refractivity contribution in [2.24, 2.45) is 5.73 Å². The number of primary amides is 1. The predicted octanol–water partition coefficient (Wildman–Crippen LogP) is 2.71. The highest BCUT2D eigenvalue weighted by molar-refractivity contribution is 5.92. The number of carbonyl (C=O) groups is 2. The summed E-state index contributed by atoms with van der Waals surface area (Å²) in [7, 11) is 0. The standard InChI is InChI=1S/C16H22N2O3/c1-16(2,3)21-15(20)18-11-5-4-6-12-7-9-13(10-8-12)14(17)19/h4,6-10H,5,11H2,1-3H3,(H2,17,19)(H,18,20). The Labute approximate surface area is 125 Å². The van der Waals surface area contributed by atoms with Crippen molar-refractivity contribution < 1.29 is 14.3 Å². The smallest absolute Gasteiger partial charge is 0.407 e. The molecule has 114 valence electrons. The van der Waals surface area contributed by atoms with Crippen LogP contribution in [-0.4, -0.2) is 24.1 Å². The largest absolute Gasteiger partial charge is 0.444 e. The zero-order valence-corrected chi connectivity index (χ0v) is 12.7. The van der Waals surface area contributed by atoms with E-state index in [9.17, 15) is 9.59 Å². The fourth-order valence-corrected chi connectivity index (χ4v) is 1.55. The monoisotopic (exact) mass is 290 g/mol. The van der Waals surface area contributed by atoms with E-state index in [2.05, 4.69) is 5.32 Å². The van der Waals surface area contributed by atoms with Crippen LogP contribution in [-0.2, 0) is 4.74 Å². The molecule has 1 aromatic rings. The van der Waals surface area contributed by atoms with Gasteiger partial charge in [-0.15, -0.1) is 0 Å². The first kappa shape index (κ1) is 16.8. The van der Waals surface area contributed by atoms with Gasteiger partial charge in [0.25, 0.3) is 0 Å². The number of hydrogen-bond acceptors (Lipinski definition) is 3. The summed E-state index contributed by atoms with van der Waals surface area (Å²) >= 11 is 0. The summed E-state index contributed by atoms with van der Waals surface area (Å²) in [5.41, 5.74) is 6.14. The van der Waals surface area contributed by atoms with Gasteiger partial charge >= 0.3 is 6.09 Å². The van der Waals surface area contributed by atoms with Crippen molar-refractivity contribution in [1.29, 1.82) is 0 Å². The van der Waals surface area contributed by atoms with E-state index in [-0.39, 0.29) is 0 Å². The average molecular weight is 290 g/mol. The van der Waals surface area contributed by atoms with Crippen LogP contribution >= 0.6 is 0 Å². The summed E-state index contributed by atoms with van der Waals surface area (Å²) in [6, 6.07) is 7.00. The number of nitrogens with two attached hydrogens (primary N) is 1. The Bertz CT molecular complexity index is 513. The number of benzene rings is 1. The third-order valence-corrected chi connectivity index (χ3v) is 2.48. The number of ether oxygens (including phenoxy) is 1. The van der Waals surface area contributed by atoms with E-state index in [4.69, 9.17) is 10.5 Å². The van der Waals surface area contributed by atoms with Gasteiger partial charge < -0.3 is 15.8 Å². The Balaban J connectivity index is 2.32. The van der Waals surface area contributed by atoms with Gasteiger partial charge in [-0.2, -0.15) is 0 Å². The van der Waals surface area contributed by atoms with Gasteiger partial charge in [-0.25, -0.2) is 4.79 Å². The van der Waals surface area contributed by atoms with Crippen LogP contribution in [0.5, 0.6) is 0 Å². The molecular formula is C16H22N2O3. The molecule has 0 aromatic heterocycles. The zero-order valence-electron chi connectivity index (χ0n) is 12.7. The molecule has 1 rings (SSSR count). The SMILES string of the molecule is CC(C)(C)OC(=O)NCCC=Cc1ccc(C(N)=O)cc1. The summed E-state index contributed by atoms with van der Waals surface area (Å²) in [6.07, 6.45) is 4.14. The highest BCUT2D eigenvalue weighted by Gasteiger charge is 2.15. The maximum Gasteiger partial charge on any atom is 0.407 e. The van der Waals surface area contributed by atoms with Crippen LogP contribution in [0.2, 0.25) is 0 Å². The topological polar surface area (TPSA) is 81.4 Å². The maximum atomic E-state index is 11.4. The highest BCUT2D eigenvalue weighted by Crippen LogP contribution is 2.07. The first-order chi connectivity index (χ1) is 9.78. The van der Waals surface area contributed by atoms with Crippen molar-refractivity contribution in [1.82, 2.24) is 5.32 Å². The van der Waals surface area contributed by atoms with Gasteiger partial charge in [-0.3, -0.25) is 4.79 Å². The van der Waals surface area contributed by atoms with Crippen LogP contribution in [0.25, 0.3) is 6.08 Å². The average Bonchev–Trinajstić information content (AvgIpc) is 2.36. The molecule has 5 nitrogen and oxygen atoms in total. The fourth-order valence-electron chi connectivity index (χ4n) is 1.55. The summed E-state index contributed by atoms with van der Waals surface area (Å²) in [5, 5.41) is 2.68. The fraction of sp³-hybridized carbons (Fsp3) is 0.375. The van der Waals surface area contributed by atoms with Crippen molar-refractivity contribution in [3.05, 3.63) is 41.5 Å². The Hall–Kier alpha value is -2.30. The van der Waals surface area contributed by atoms with Crippen LogP contribution in [0.1, 0.15) is 43.1 Å². The summed E-state index contributed by atoms with van der Waals surface area (Å²) in [6.45, 7) is 5.97. The lowest BCUT2D eigenvalue weighted by molar-refractivity contribution is 0.0528. The Morgan fingerprint density at radius 3 is 2.38 bits per heavy atom. The van der Waals surface area contributed by atoms with E-state index >= 15 is 0 Å². The Kier molecular flexibility index (Phi) is 5.96. The van der Waals surface area contributed by atoms with Crippen LogP contribution in [0.3, 0.4) is 0 Å². The third-order valence-electron chi connectivity index (χ3n) is 2.48. The molecule has 0 aliphatic rings. The number of nitrogens with one attached hydrogen (secondary N) is 1. The summed E-state index contributed by atoms with van der Waals surface area (Å²) < 4.78 is 5.12. The Morgan fingerprint density at radius 1 is 1.24 bits per heavy atom. The molecule has 0 aliphatic carbocycles. The highest BCUT2D eigenvalue weighted by atomic mass is 16.6. The van der Waals surface area contributed by atoms with Crippen molar-refractivity contribution in [3.8, 4) is 0 Å². The maximum absolute atomic E-state index is 11.4. The molecule has 0 bridgehead atoms. The van der Waals surface area contributed by atoms with Gasteiger partial charge in [0.15, 0.2) is 0 Å². The number of hydrogen-bond donors (Lipinski definition) is 2. The molecule has 0 aliphatic heterocycles. The van der Waals surface area contributed by atoms with Crippen molar-refractivity contribution >= 4 is 18.1 Å². The minimum atomic E-state index is -0.484. The molecule has 0 fully saturated rings. The Morgan fingerprint density at radius 2 is 1.86 bits per heavy atom. The van der Waals surface area contributed by atoms with Gasteiger partial charge in [0.1, 0.15) is 5.60 Å². The van der Waals surface area contributed by atoms with Gasteiger partial charge in [0.05, 0.1) is 0 Å². The first-order valence-electron chi connectivity index (χ1n) is 6.81. The van der Waals surface area contributed by atoms with Gasteiger partial charge in [-0.1, -0.05) is 24.3 Å². The number of carbonyl (C=O) groups excluding carboxylic acids is 2. The minimum absolute atomic E-state index is 0.415. The second kappa shape index (κ2) is 7.47. The molecule has 0 saturated carbocycles. The zero-order chi connectivity index (χ0) is 15.9. The molecule has 0 heterocycles. The first-order valence-corrected chi connectivity index (χ1v) is 6.81. The molecule has 3 N–H and O–H groups in total. The van der Waals surface area contributed by atoms with Crippen molar-refractivity contribution in [2.75, 3.05) is 6.54 Å². The lowest BCUT2D eigenvalue weighted by Crippen LogP contribution is -2.32. The van der Waals surface area contributed by atoms with Gasteiger partial charge in [0.2, 0.25) is 5.91 Å². The summed E-state index contributed by atoms with van der Waals surface area (Å²) in [5.74, 6) is -0.438. The lowest BCUT2D eigenvalue weighted by atomic mass is 10.1. The van der Waals surface area contributed by atoms with Crippen LogP contribution in [0, 0.1) is 0 Å². The molecular weight excluding hydrogens is 268 g/mol. The van der Waals surface area contributed by atoms with E-state index in [1.807, 2.05) is 45.1 Å². The van der Waals surface area contributed by atoms with Gasteiger partial charge in [-0.05, 0) is 44.9 Å². The normalized spacial score (nSPS) is 11.4. The van der Waals surface area contributed by atoms with E-state index in [1.54, 1.807) is 12.1 Å². The number of amides is 2. The second-order valence-electron chi connectivity index (χ2n) is 5.61. The molecule has 0 radical (unpaired) electrons. The third kappa shape index (κ3) is 7.15. The summed E-state index contributed by atoms with van der Waals surface area (Å²) in [4.78, 5) is 22.3. The number of alkyl carbamates (subject to hydrolysis) is 1. The molecule has 0 atom stereocenters. The second-order valence-corrected chi connectivity index (χ2v) is 5.61. The van der Waals surface area contributed by atoms with Crippen LogP contribution in [0.15, 0.2) is 30.3 Å². The molecule has 1 aromatic carbocycles. The molecule has 0 saturated heterocycles. The van der Waals surface area contributed by atoms with E-state index in [0.717, 1.165) is 5.56 Å². The predicted molar refractivity (Wildman–Crippen MR) is 82.8 cm³/mol.